The van der Waals surface area contributed by atoms with Crippen LogP contribution >= 0.6 is 0 Å². The molecule has 1 fully saturated rings. The van der Waals surface area contributed by atoms with E-state index in [2.05, 4.69) is 0 Å². The molecule has 5 heteroatoms. The second-order valence-electron chi connectivity index (χ2n) is 3.92. The van der Waals surface area contributed by atoms with E-state index in [0.29, 0.717) is 6.61 Å². The van der Waals surface area contributed by atoms with E-state index in [1.165, 1.54) is 0 Å². The maximum Gasteiger partial charge on any atom is 0.318 e. The third-order valence-corrected chi connectivity index (χ3v) is 2.86. The average Bonchev–Trinajstić information content (AvgIpc) is 2.18. The van der Waals surface area contributed by atoms with Crippen LogP contribution in [0.15, 0.2) is 0 Å². The molecule has 2 unspecified atom stereocenters. The minimum Gasteiger partial charge on any atom is -0.481 e. The number of aliphatic carboxylic acids is 2. The number of carboxylic acids is 2. The van der Waals surface area contributed by atoms with Gasteiger partial charge in [0.15, 0.2) is 5.92 Å². The van der Waals surface area contributed by atoms with Gasteiger partial charge < -0.3 is 14.9 Å². The second-order valence-corrected chi connectivity index (χ2v) is 3.92. The summed E-state index contributed by atoms with van der Waals surface area (Å²) < 4.78 is 5.39. The quantitative estimate of drug-likeness (QED) is 0.684. The highest BCUT2D eigenvalue weighted by Crippen LogP contribution is 2.26. The smallest absolute Gasteiger partial charge is 0.318 e. The van der Waals surface area contributed by atoms with Crippen molar-refractivity contribution < 1.29 is 24.5 Å². The van der Waals surface area contributed by atoms with Crippen LogP contribution in [-0.2, 0) is 14.3 Å². The van der Waals surface area contributed by atoms with Crippen molar-refractivity contribution in [1.82, 2.24) is 0 Å². The SMILES string of the molecule is CC(C1CCCCO1)C(C(=O)O)C(=O)O. The van der Waals surface area contributed by atoms with E-state index in [1.807, 2.05) is 0 Å². The minimum atomic E-state index is -1.37. The van der Waals surface area contributed by atoms with Crippen molar-refractivity contribution in [2.45, 2.75) is 32.3 Å². The number of hydrogen-bond acceptors (Lipinski definition) is 3. The van der Waals surface area contributed by atoms with Gasteiger partial charge in [0.25, 0.3) is 0 Å². The lowest BCUT2D eigenvalue weighted by atomic mass is 9.86. The van der Waals surface area contributed by atoms with Gasteiger partial charge in [-0.25, -0.2) is 0 Å². The molecule has 0 bridgehead atoms. The summed E-state index contributed by atoms with van der Waals surface area (Å²) in [7, 11) is 0. The summed E-state index contributed by atoms with van der Waals surface area (Å²) in [6, 6.07) is 0. The van der Waals surface area contributed by atoms with Gasteiger partial charge in [0.1, 0.15) is 0 Å². The van der Waals surface area contributed by atoms with Crippen LogP contribution in [0, 0.1) is 11.8 Å². The summed E-state index contributed by atoms with van der Waals surface area (Å²) in [5.74, 6) is -4.43. The molecule has 15 heavy (non-hydrogen) atoms. The van der Waals surface area contributed by atoms with Crippen molar-refractivity contribution >= 4 is 11.9 Å². The molecule has 2 N–H and O–H groups in total. The van der Waals surface area contributed by atoms with Crippen LogP contribution in [-0.4, -0.2) is 34.9 Å². The molecule has 0 aromatic rings. The van der Waals surface area contributed by atoms with Gasteiger partial charge in [0.05, 0.1) is 6.10 Å². The van der Waals surface area contributed by atoms with Gasteiger partial charge in [-0.15, -0.1) is 0 Å². The molecule has 1 aliphatic heterocycles. The van der Waals surface area contributed by atoms with E-state index in [9.17, 15) is 9.59 Å². The number of hydrogen-bond donors (Lipinski definition) is 2. The van der Waals surface area contributed by atoms with Crippen molar-refractivity contribution in [2.24, 2.45) is 11.8 Å². The van der Waals surface area contributed by atoms with Gasteiger partial charge >= 0.3 is 11.9 Å². The summed E-state index contributed by atoms with van der Waals surface area (Å²) in [6.07, 6.45) is 2.45. The van der Waals surface area contributed by atoms with Crippen molar-refractivity contribution in [3.05, 3.63) is 0 Å². The van der Waals surface area contributed by atoms with Crippen molar-refractivity contribution in [1.29, 1.82) is 0 Å². The molecule has 86 valence electrons. The van der Waals surface area contributed by atoms with Gasteiger partial charge in [0, 0.05) is 12.5 Å². The first kappa shape index (κ1) is 12.0. The molecule has 1 rings (SSSR count). The second kappa shape index (κ2) is 5.11. The monoisotopic (exact) mass is 216 g/mol. The van der Waals surface area contributed by atoms with E-state index in [1.54, 1.807) is 6.92 Å². The predicted molar refractivity (Wildman–Crippen MR) is 51.5 cm³/mol. The van der Waals surface area contributed by atoms with E-state index < -0.39 is 23.8 Å². The zero-order chi connectivity index (χ0) is 11.4. The number of carbonyl (C=O) groups is 2. The lowest BCUT2D eigenvalue weighted by molar-refractivity contribution is -0.161. The van der Waals surface area contributed by atoms with Crippen LogP contribution in [0.2, 0.25) is 0 Å². The summed E-state index contributed by atoms with van der Waals surface area (Å²) in [5.41, 5.74) is 0. The van der Waals surface area contributed by atoms with Crippen LogP contribution < -0.4 is 0 Å². The molecular formula is C10H16O5. The highest BCUT2D eigenvalue weighted by atomic mass is 16.5. The predicted octanol–water partition coefficient (Wildman–Crippen LogP) is 0.977. The highest BCUT2D eigenvalue weighted by molar-refractivity contribution is 5.93. The largest absolute Gasteiger partial charge is 0.481 e. The summed E-state index contributed by atoms with van der Waals surface area (Å²) in [6.45, 7) is 2.23. The highest BCUT2D eigenvalue weighted by Gasteiger charge is 2.37. The molecule has 1 saturated heterocycles. The molecule has 1 heterocycles. The van der Waals surface area contributed by atoms with Gasteiger partial charge in [-0.05, 0) is 19.3 Å². The Morgan fingerprint density at radius 3 is 2.27 bits per heavy atom. The average molecular weight is 216 g/mol. The Labute approximate surface area is 88.0 Å². The third kappa shape index (κ3) is 2.92. The summed E-state index contributed by atoms with van der Waals surface area (Å²) in [5, 5.41) is 17.6. The first-order chi connectivity index (χ1) is 7.04. The van der Waals surface area contributed by atoms with Gasteiger partial charge in [-0.3, -0.25) is 9.59 Å². The normalized spacial score (nSPS) is 23.7. The Hall–Kier alpha value is -1.10. The van der Waals surface area contributed by atoms with Crippen LogP contribution in [0.4, 0.5) is 0 Å². The fraction of sp³-hybridized carbons (Fsp3) is 0.800. The Morgan fingerprint density at radius 2 is 1.87 bits per heavy atom. The molecule has 0 aliphatic carbocycles. The first-order valence-electron chi connectivity index (χ1n) is 5.11. The molecule has 0 amide bonds. The molecule has 0 aromatic heterocycles. The molecule has 5 nitrogen and oxygen atoms in total. The fourth-order valence-corrected chi connectivity index (χ4v) is 1.95. The van der Waals surface area contributed by atoms with Crippen molar-refractivity contribution in [3.8, 4) is 0 Å². The van der Waals surface area contributed by atoms with E-state index in [0.717, 1.165) is 19.3 Å². The number of carboxylic acid groups (broad SMARTS) is 2. The molecule has 0 aromatic carbocycles. The van der Waals surface area contributed by atoms with Crippen LogP contribution in [0.5, 0.6) is 0 Å². The number of rotatable bonds is 4. The van der Waals surface area contributed by atoms with Crippen LogP contribution in [0.1, 0.15) is 26.2 Å². The maximum absolute atomic E-state index is 10.8. The zero-order valence-electron chi connectivity index (χ0n) is 8.68. The van der Waals surface area contributed by atoms with Gasteiger partial charge in [0.2, 0.25) is 0 Å². The van der Waals surface area contributed by atoms with E-state index in [-0.39, 0.29) is 6.10 Å². The first-order valence-corrected chi connectivity index (χ1v) is 5.11. The molecule has 2 atom stereocenters. The lowest BCUT2D eigenvalue weighted by Gasteiger charge is -2.29. The minimum absolute atomic E-state index is 0.240. The zero-order valence-corrected chi connectivity index (χ0v) is 8.68. The fourth-order valence-electron chi connectivity index (χ4n) is 1.95. The lowest BCUT2D eigenvalue weighted by Crippen LogP contribution is -2.38. The van der Waals surface area contributed by atoms with Crippen LogP contribution in [0.25, 0.3) is 0 Å². The van der Waals surface area contributed by atoms with Crippen LogP contribution in [0.3, 0.4) is 0 Å². The van der Waals surface area contributed by atoms with Gasteiger partial charge in [-0.1, -0.05) is 6.92 Å². The molecule has 0 saturated carbocycles. The topological polar surface area (TPSA) is 83.8 Å². The molecule has 0 radical (unpaired) electrons. The summed E-state index contributed by atoms with van der Waals surface area (Å²) in [4.78, 5) is 21.6. The number of ether oxygens (including phenoxy) is 1. The Kier molecular flexibility index (Phi) is 4.08. The van der Waals surface area contributed by atoms with Gasteiger partial charge in [-0.2, -0.15) is 0 Å². The van der Waals surface area contributed by atoms with E-state index >= 15 is 0 Å². The molecule has 1 aliphatic rings. The van der Waals surface area contributed by atoms with Crippen molar-refractivity contribution in [3.63, 3.8) is 0 Å². The summed E-state index contributed by atoms with van der Waals surface area (Å²) >= 11 is 0. The Bertz CT molecular complexity index is 230. The standard InChI is InChI=1S/C10H16O5/c1-6(7-4-2-3-5-15-7)8(9(11)12)10(13)14/h6-8H,2-5H2,1H3,(H,11,12)(H,13,14). The maximum atomic E-state index is 10.8. The van der Waals surface area contributed by atoms with E-state index in [4.69, 9.17) is 14.9 Å². The Morgan fingerprint density at radius 1 is 1.27 bits per heavy atom. The Balaban J connectivity index is 2.65. The third-order valence-electron chi connectivity index (χ3n) is 2.86. The molecular weight excluding hydrogens is 200 g/mol. The van der Waals surface area contributed by atoms with Crippen molar-refractivity contribution in [2.75, 3.05) is 6.61 Å². The molecule has 0 spiro atoms.